The first kappa shape index (κ1) is 13.3. The van der Waals surface area contributed by atoms with Crippen molar-refractivity contribution in [1.82, 2.24) is 9.97 Å². The van der Waals surface area contributed by atoms with Gasteiger partial charge in [0.2, 0.25) is 0 Å². The molecular weight excluding hydrogens is 290 g/mol. The van der Waals surface area contributed by atoms with Crippen molar-refractivity contribution in [3.05, 3.63) is 59.4 Å². The van der Waals surface area contributed by atoms with Crippen molar-refractivity contribution in [1.29, 1.82) is 0 Å². The van der Waals surface area contributed by atoms with E-state index in [1.165, 1.54) is 24.4 Å². The van der Waals surface area contributed by atoms with E-state index in [0.717, 1.165) is 0 Å². The summed E-state index contributed by atoms with van der Waals surface area (Å²) in [6.07, 6.45) is 3.10. The highest BCUT2D eigenvalue weighted by Crippen LogP contribution is 2.26. The standard InChI is InChI=1S/C15H10ClN3O2/c16-11-8-9(20)4-5-12(11)19-15(21)10-2-1-3-13-14(10)18-7-6-17-13/h1-8,20H,(H,19,21). The fourth-order valence-corrected chi connectivity index (χ4v) is 2.19. The highest BCUT2D eigenvalue weighted by Gasteiger charge is 2.13. The maximum atomic E-state index is 12.4. The lowest BCUT2D eigenvalue weighted by atomic mass is 10.1. The molecule has 0 spiro atoms. The van der Waals surface area contributed by atoms with Gasteiger partial charge in [0.1, 0.15) is 11.3 Å². The van der Waals surface area contributed by atoms with Crippen LogP contribution in [0.3, 0.4) is 0 Å². The number of para-hydroxylation sites is 1. The largest absolute Gasteiger partial charge is 0.508 e. The molecule has 1 aromatic heterocycles. The van der Waals surface area contributed by atoms with Crippen LogP contribution in [0.15, 0.2) is 48.8 Å². The Hall–Kier alpha value is -2.66. The van der Waals surface area contributed by atoms with Gasteiger partial charge in [-0.3, -0.25) is 14.8 Å². The van der Waals surface area contributed by atoms with E-state index in [-0.39, 0.29) is 16.7 Å². The molecule has 0 saturated heterocycles. The third kappa shape index (κ3) is 2.64. The third-order valence-corrected chi connectivity index (χ3v) is 3.26. The summed E-state index contributed by atoms with van der Waals surface area (Å²) < 4.78 is 0. The molecule has 0 fully saturated rings. The number of hydrogen-bond donors (Lipinski definition) is 2. The number of amides is 1. The van der Waals surface area contributed by atoms with Crippen LogP contribution in [-0.2, 0) is 0 Å². The zero-order valence-corrected chi connectivity index (χ0v) is 11.5. The molecule has 0 atom stereocenters. The number of nitrogens with one attached hydrogen (secondary N) is 1. The first-order valence-electron chi connectivity index (χ1n) is 6.15. The molecule has 3 rings (SSSR count). The Balaban J connectivity index is 1.97. The van der Waals surface area contributed by atoms with E-state index in [1.54, 1.807) is 24.4 Å². The van der Waals surface area contributed by atoms with Gasteiger partial charge in [-0.05, 0) is 24.3 Å². The summed E-state index contributed by atoms with van der Waals surface area (Å²) in [5.74, 6) is -0.303. The molecule has 104 valence electrons. The fourth-order valence-electron chi connectivity index (χ4n) is 1.97. The van der Waals surface area contributed by atoms with E-state index in [0.29, 0.717) is 22.3 Å². The average Bonchev–Trinajstić information content (AvgIpc) is 2.49. The van der Waals surface area contributed by atoms with Crippen molar-refractivity contribution in [2.24, 2.45) is 0 Å². The summed E-state index contributed by atoms with van der Waals surface area (Å²) in [7, 11) is 0. The van der Waals surface area contributed by atoms with Gasteiger partial charge >= 0.3 is 0 Å². The summed E-state index contributed by atoms with van der Waals surface area (Å²) >= 11 is 5.98. The molecule has 0 radical (unpaired) electrons. The number of halogens is 1. The quantitative estimate of drug-likeness (QED) is 0.712. The molecule has 0 bridgehead atoms. The second kappa shape index (κ2) is 5.38. The van der Waals surface area contributed by atoms with Gasteiger partial charge in [0.15, 0.2) is 0 Å². The molecule has 2 aromatic carbocycles. The van der Waals surface area contributed by atoms with Crippen LogP contribution < -0.4 is 5.32 Å². The van der Waals surface area contributed by atoms with E-state index >= 15 is 0 Å². The van der Waals surface area contributed by atoms with Gasteiger partial charge < -0.3 is 10.4 Å². The zero-order chi connectivity index (χ0) is 14.8. The maximum absolute atomic E-state index is 12.4. The molecule has 21 heavy (non-hydrogen) atoms. The summed E-state index contributed by atoms with van der Waals surface area (Å²) in [6, 6.07) is 9.54. The molecule has 0 aliphatic rings. The molecule has 0 aliphatic carbocycles. The van der Waals surface area contributed by atoms with Gasteiger partial charge in [-0.25, -0.2) is 0 Å². The number of anilines is 1. The Kier molecular flexibility index (Phi) is 3.41. The molecule has 0 saturated carbocycles. The van der Waals surface area contributed by atoms with Crippen LogP contribution >= 0.6 is 11.6 Å². The van der Waals surface area contributed by atoms with Crippen molar-refractivity contribution < 1.29 is 9.90 Å². The number of rotatable bonds is 2. The van der Waals surface area contributed by atoms with E-state index in [2.05, 4.69) is 15.3 Å². The van der Waals surface area contributed by atoms with Gasteiger partial charge in [-0.15, -0.1) is 0 Å². The monoisotopic (exact) mass is 299 g/mol. The minimum absolute atomic E-state index is 0.0361. The predicted molar refractivity (Wildman–Crippen MR) is 80.6 cm³/mol. The number of carbonyl (C=O) groups excluding carboxylic acids is 1. The summed E-state index contributed by atoms with van der Waals surface area (Å²) in [5.41, 5.74) is 1.99. The average molecular weight is 300 g/mol. The molecule has 2 N–H and O–H groups in total. The Morgan fingerprint density at radius 2 is 1.95 bits per heavy atom. The molecular formula is C15H10ClN3O2. The van der Waals surface area contributed by atoms with E-state index < -0.39 is 0 Å². The predicted octanol–water partition coefficient (Wildman–Crippen LogP) is 3.24. The minimum Gasteiger partial charge on any atom is -0.508 e. The number of carbonyl (C=O) groups is 1. The molecule has 1 heterocycles. The topological polar surface area (TPSA) is 75.1 Å². The van der Waals surface area contributed by atoms with E-state index in [9.17, 15) is 9.90 Å². The second-order valence-electron chi connectivity index (χ2n) is 4.35. The minimum atomic E-state index is -0.339. The molecule has 3 aromatic rings. The summed E-state index contributed by atoms with van der Waals surface area (Å²) in [6.45, 7) is 0. The Labute approximate surface area is 125 Å². The van der Waals surface area contributed by atoms with Gasteiger partial charge in [-0.1, -0.05) is 17.7 Å². The van der Waals surface area contributed by atoms with Gasteiger partial charge in [0.05, 0.1) is 21.8 Å². The molecule has 0 unspecified atom stereocenters. The first-order valence-corrected chi connectivity index (χ1v) is 6.52. The van der Waals surface area contributed by atoms with Crippen LogP contribution in [0.1, 0.15) is 10.4 Å². The molecule has 6 heteroatoms. The van der Waals surface area contributed by atoms with Crippen LogP contribution in [0, 0.1) is 0 Å². The number of aromatic hydroxyl groups is 1. The Morgan fingerprint density at radius 1 is 1.14 bits per heavy atom. The number of phenolic OH excluding ortho intramolecular Hbond substituents is 1. The molecule has 5 nitrogen and oxygen atoms in total. The van der Waals surface area contributed by atoms with Crippen molar-refractivity contribution in [2.75, 3.05) is 5.32 Å². The third-order valence-electron chi connectivity index (χ3n) is 2.94. The van der Waals surface area contributed by atoms with Crippen molar-refractivity contribution in [3.63, 3.8) is 0 Å². The van der Waals surface area contributed by atoms with Crippen molar-refractivity contribution in [3.8, 4) is 5.75 Å². The summed E-state index contributed by atoms with van der Waals surface area (Å²) in [5, 5.41) is 12.3. The number of hydrogen-bond acceptors (Lipinski definition) is 4. The highest BCUT2D eigenvalue weighted by atomic mass is 35.5. The SMILES string of the molecule is O=C(Nc1ccc(O)cc1Cl)c1cccc2nccnc12. The number of phenols is 1. The smallest absolute Gasteiger partial charge is 0.257 e. The number of aromatic nitrogens is 2. The second-order valence-corrected chi connectivity index (χ2v) is 4.76. The lowest BCUT2D eigenvalue weighted by Crippen LogP contribution is -2.13. The number of nitrogens with zero attached hydrogens (tertiary/aromatic N) is 2. The maximum Gasteiger partial charge on any atom is 0.257 e. The van der Waals surface area contributed by atoms with Crippen LogP contribution in [0.2, 0.25) is 5.02 Å². The zero-order valence-electron chi connectivity index (χ0n) is 10.7. The normalized spacial score (nSPS) is 10.5. The van der Waals surface area contributed by atoms with Crippen LogP contribution in [-0.4, -0.2) is 21.0 Å². The van der Waals surface area contributed by atoms with Gasteiger partial charge in [0.25, 0.3) is 5.91 Å². The van der Waals surface area contributed by atoms with Crippen LogP contribution in [0.5, 0.6) is 5.75 Å². The fraction of sp³-hybridized carbons (Fsp3) is 0. The van der Waals surface area contributed by atoms with Crippen LogP contribution in [0.25, 0.3) is 11.0 Å². The number of fused-ring (bicyclic) bond motifs is 1. The van der Waals surface area contributed by atoms with Gasteiger partial charge in [-0.2, -0.15) is 0 Å². The molecule has 1 amide bonds. The Bertz CT molecular complexity index is 831. The first-order chi connectivity index (χ1) is 10.1. The van der Waals surface area contributed by atoms with Gasteiger partial charge in [0, 0.05) is 18.5 Å². The lowest BCUT2D eigenvalue weighted by molar-refractivity contribution is 0.102. The lowest BCUT2D eigenvalue weighted by Gasteiger charge is -2.08. The van der Waals surface area contributed by atoms with Crippen molar-refractivity contribution in [2.45, 2.75) is 0 Å². The van der Waals surface area contributed by atoms with Crippen molar-refractivity contribution >= 4 is 34.2 Å². The number of benzene rings is 2. The van der Waals surface area contributed by atoms with E-state index in [1.807, 2.05) is 0 Å². The van der Waals surface area contributed by atoms with Crippen LogP contribution in [0.4, 0.5) is 5.69 Å². The highest BCUT2D eigenvalue weighted by molar-refractivity contribution is 6.34. The summed E-state index contributed by atoms with van der Waals surface area (Å²) in [4.78, 5) is 20.7. The Morgan fingerprint density at radius 3 is 2.76 bits per heavy atom. The van der Waals surface area contributed by atoms with E-state index in [4.69, 9.17) is 11.6 Å². The molecule has 0 aliphatic heterocycles.